The fraction of sp³-hybridized carbons (Fsp3) is 1.00. The van der Waals surface area contributed by atoms with Crippen LogP contribution >= 0.6 is 12.6 Å². The zero-order valence-electron chi connectivity index (χ0n) is 8.76. The lowest BCUT2D eigenvalue weighted by molar-refractivity contribution is 0.228. The Balaban J connectivity index is 3.86. The quantitative estimate of drug-likeness (QED) is 0.518. The second-order valence-electron chi connectivity index (χ2n) is 3.80. The van der Waals surface area contributed by atoms with Gasteiger partial charge in [0, 0.05) is 6.10 Å². The summed E-state index contributed by atoms with van der Waals surface area (Å²) in [6, 6.07) is 2.48. The van der Waals surface area contributed by atoms with Crippen LogP contribution in [-0.2, 0) is 4.43 Å². The smallest absolute Gasteiger partial charge is 0.189 e. The molecule has 0 aliphatic rings. The molecule has 0 aromatic carbocycles. The van der Waals surface area contributed by atoms with E-state index < -0.39 is 8.32 Å². The third kappa shape index (κ3) is 5.22. The van der Waals surface area contributed by atoms with Gasteiger partial charge >= 0.3 is 0 Å². The molecule has 0 fully saturated rings. The molecule has 3 heteroatoms. The molecule has 0 N–H and O–H groups in total. The van der Waals surface area contributed by atoms with E-state index in [1.165, 1.54) is 18.5 Å². The number of hydrogen-bond donors (Lipinski definition) is 1. The van der Waals surface area contributed by atoms with Crippen LogP contribution in [0.1, 0.15) is 27.2 Å². The van der Waals surface area contributed by atoms with E-state index in [2.05, 4.69) is 39.9 Å². The molecule has 1 atom stereocenters. The average molecular weight is 206 g/mol. The fourth-order valence-corrected chi connectivity index (χ4v) is 4.50. The van der Waals surface area contributed by atoms with Crippen LogP contribution < -0.4 is 0 Å². The SMILES string of the molecule is CC[Si](C)(CCCS)OC(C)C. The summed E-state index contributed by atoms with van der Waals surface area (Å²) in [6.07, 6.45) is 1.59. The van der Waals surface area contributed by atoms with Crippen molar-refractivity contribution in [1.82, 2.24) is 0 Å². The molecule has 0 amide bonds. The van der Waals surface area contributed by atoms with Gasteiger partial charge in [-0.2, -0.15) is 12.6 Å². The molecular formula is C9H22OSSi. The topological polar surface area (TPSA) is 9.23 Å². The van der Waals surface area contributed by atoms with Crippen molar-refractivity contribution < 1.29 is 4.43 Å². The minimum atomic E-state index is -1.36. The van der Waals surface area contributed by atoms with Crippen molar-refractivity contribution in [3.05, 3.63) is 0 Å². The summed E-state index contributed by atoms with van der Waals surface area (Å²) in [5.74, 6) is 0.990. The van der Waals surface area contributed by atoms with Crippen molar-refractivity contribution in [2.24, 2.45) is 0 Å². The Morgan fingerprint density at radius 3 is 2.33 bits per heavy atom. The second-order valence-corrected chi connectivity index (χ2v) is 8.59. The second kappa shape index (κ2) is 6.05. The molecule has 1 unspecified atom stereocenters. The standard InChI is InChI=1S/C9H22OSSi/c1-5-12(4,8-6-7-11)10-9(2)3/h9,11H,5-8H2,1-4H3. The van der Waals surface area contributed by atoms with Crippen molar-refractivity contribution in [1.29, 1.82) is 0 Å². The molecule has 0 bridgehead atoms. The summed E-state index contributed by atoms with van der Waals surface area (Å²) >= 11 is 4.23. The molecule has 0 spiro atoms. The molecule has 1 nitrogen and oxygen atoms in total. The largest absolute Gasteiger partial charge is 0.415 e. The highest BCUT2D eigenvalue weighted by atomic mass is 32.1. The lowest BCUT2D eigenvalue weighted by Crippen LogP contribution is -2.36. The van der Waals surface area contributed by atoms with E-state index >= 15 is 0 Å². The highest BCUT2D eigenvalue weighted by Crippen LogP contribution is 2.20. The van der Waals surface area contributed by atoms with Gasteiger partial charge < -0.3 is 4.43 Å². The Hall–Kier alpha value is 0.527. The van der Waals surface area contributed by atoms with Crippen molar-refractivity contribution in [2.45, 2.75) is 51.9 Å². The molecule has 0 heterocycles. The Morgan fingerprint density at radius 2 is 2.00 bits per heavy atom. The Morgan fingerprint density at radius 1 is 1.42 bits per heavy atom. The lowest BCUT2D eigenvalue weighted by Gasteiger charge is -2.28. The summed E-state index contributed by atoms with van der Waals surface area (Å²) in [6.45, 7) is 8.83. The lowest BCUT2D eigenvalue weighted by atomic mass is 10.5. The van der Waals surface area contributed by atoms with Gasteiger partial charge in [-0.25, -0.2) is 0 Å². The van der Waals surface area contributed by atoms with Crippen LogP contribution in [0, 0.1) is 0 Å². The van der Waals surface area contributed by atoms with E-state index in [1.807, 2.05) is 0 Å². The zero-order valence-corrected chi connectivity index (χ0v) is 10.7. The monoisotopic (exact) mass is 206 g/mol. The van der Waals surface area contributed by atoms with Gasteiger partial charge in [0.2, 0.25) is 0 Å². The average Bonchev–Trinajstić information content (AvgIpc) is 2.00. The van der Waals surface area contributed by atoms with Crippen molar-refractivity contribution >= 4 is 20.9 Å². The van der Waals surface area contributed by atoms with E-state index in [9.17, 15) is 0 Å². The molecule has 12 heavy (non-hydrogen) atoms. The van der Waals surface area contributed by atoms with Crippen LogP contribution in [0.25, 0.3) is 0 Å². The number of rotatable bonds is 6. The first-order valence-corrected chi connectivity index (χ1v) is 8.28. The minimum Gasteiger partial charge on any atom is -0.415 e. The first kappa shape index (κ1) is 12.5. The molecule has 0 aromatic heterocycles. The third-order valence-corrected chi connectivity index (χ3v) is 6.40. The Kier molecular flexibility index (Phi) is 6.32. The van der Waals surface area contributed by atoms with Crippen LogP contribution in [0.2, 0.25) is 18.6 Å². The van der Waals surface area contributed by atoms with Gasteiger partial charge in [0.25, 0.3) is 0 Å². The van der Waals surface area contributed by atoms with Gasteiger partial charge in [-0.1, -0.05) is 6.92 Å². The zero-order chi connectivity index (χ0) is 9.61. The van der Waals surface area contributed by atoms with Crippen LogP contribution in [0.5, 0.6) is 0 Å². The highest BCUT2D eigenvalue weighted by Gasteiger charge is 2.26. The normalized spacial score (nSPS) is 16.5. The molecule has 0 saturated carbocycles. The maximum absolute atomic E-state index is 5.99. The molecule has 0 aliphatic heterocycles. The number of thiol groups is 1. The molecule has 0 radical (unpaired) electrons. The molecule has 74 valence electrons. The van der Waals surface area contributed by atoms with E-state index in [0.29, 0.717) is 6.10 Å². The Labute approximate surface area is 83.4 Å². The first-order chi connectivity index (χ1) is 5.54. The van der Waals surface area contributed by atoms with Gasteiger partial charge in [-0.05, 0) is 44.7 Å². The number of hydrogen-bond acceptors (Lipinski definition) is 2. The van der Waals surface area contributed by atoms with Gasteiger partial charge in [0.1, 0.15) is 0 Å². The van der Waals surface area contributed by atoms with Gasteiger partial charge in [-0.3, -0.25) is 0 Å². The first-order valence-electron chi connectivity index (χ1n) is 4.82. The van der Waals surface area contributed by atoms with Crippen molar-refractivity contribution in [3.63, 3.8) is 0 Å². The van der Waals surface area contributed by atoms with Crippen molar-refractivity contribution in [2.75, 3.05) is 5.75 Å². The van der Waals surface area contributed by atoms with Crippen molar-refractivity contribution in [3.8, 4) is 0 Å². The molecule has 0 aliphatic carbocycles. The summed E-state index contributed by atoms with van der Waals surface area (Å²) in [5, 5.41) is 0. The highest BCUT2D eigenvalue weighted by molar-refractivity contribution is 7.80. The van der Waals surface area contributed by atoms with E-state index in [-0.39, 0.29) is 0 Å². The fourth-order valence-electron chi connectivity index (χ4n) is 1.34. The van der Waals surface area contributed by atoms with Crippen LogP contribution in [0.15, 0.2) is 0 Å². The van der Waals surface area contributed by atoms with Crippen LogP contribution in [-0.4, -0.2) is 20.2 Å². The van der Waals surface area contributed by atoms with Crippen LogP contribution in [0.4, 0.5) is 0 Å². The Bertz CT molecular complexity index is 119. The van der Waals surface area contributed by atoms with Gasteiger partial charge in [0.15, 0.2) is 8.32 Å². The molecular weight excluding hydrogens is 184 g/mol. The van der Waals surface area contributed by atoms with Gasteiger partial charge in [-0.15, -0.1) is 0 Å². The molecule has 0 aromatic rings. The molecule has 0 saturated heterocycles. The predicted molar refractivity (Wildman–Crippen MR) is 61.6 cm³/mol. The minimum absolute atomic E-state index is 0.390. The van der Waals surface area contributed by atoms with Gasteiger partial charge in [0.05, 0.1) is 0 Å². The summed E-state index contributed by atoms with van der Waals surface area (Å²) in [4.78, 5) is 0. The van der Waals surface area contributed by atoms with E-state index in [4.69, 9.17) is 4.43 Å². The molecule has 0 rings (SSSR count). The maximum atomic E-state index is 5.99. The van der Waals surface area contributed by atoms with Crippen LogP contribution in [0.3, 0.4) is 0 Å². The maximum Gasteiger partial charge on any atom is 0.189 e. The summed E-state index contributed by atoms with van der Waals surface area (Å²) in [5.41, 5.74) is 0. The van der Waals surface area contributed by atoms with E-state index in [0.717, 1.165) is 5.75 Å². The summed E-state index contributed by atoms with van der Waals surface area (Å²) in [7, 11) is -1.36. The van der Waals surface area contributed by atoms with E-state index in [1.54, 1.807) is 0 Å². The summed E-state index contributed by atoms with van der Waals surface area (Å²) < 4.78 is 5.99. The third-order valence-electron chi connectivity index (χ3n) is 2.13. The predicted octanol–water partition coefficient (Wildman–Crippen LogP) is 3.33.